The van der Waals surface area contributed by atoms with Crippen LogP contribution in [0.25, 0.3) is 10.9 Å². The van der Waals surface area contributed by atoms with Crippen molar-refractivity contribution in [2.45, 2.75) is 19.8 Å². The van der Waals surface area contributed by atoms with Gasteiger partial charge in [0.15, 0.2) is 0 Å². The van der Waals surface area contributed by atoms with E-state index in [1.165, 1.54) is 29.6 Å². The molecule has 0 unspecified atom stereocenters. The number of nitrogens with one attached hydrogen (secondary N) is 1. The van der Waals surface area contributed by atoms with E-state index in [0.717, 1.165) is 13.0 Å². The maximum absolute atomic E-state index is 3.47. The SMILES string of the molecule is CCCN(C)CCc1cc2ccccc2[nH]1. The highest BCUT2D eigenvalue weighted by molar-refractivity contribution is 5.80. The monoisotopic (exact) mass is 216 g/mol. The lowest BCUT2D eigenvalue weighted by Crippen LogP contribution is -2.21. The second-order valence-electron chi connectivity index (χ2n) is 4.44. The minimum atomic E-state index is 1.10. The van der Waals surface area contributed by atoms with Gasteiger partial charge in [-0.3, -0.25) is 0 Å². The third-order valence-electron chi connectivity index (χ3n) is 2.95. The van der Waals surface area contributed by atoms with Crippen molar-refractivity contribution >= 4 is 10.9 Å². The second kappa shape index (κ2) is 5.17. The summed E-state index contributed by atoms with van der Waals surface area (Å²) >= 11 is 0. The van der Waals surface area contributed by atoms with Gasteiger partial charge in [0.25, 0.3) is 0 Å². The molecule has 0 bridgehead atoms. The van der Waals surface area contributed by atoms with Gasteiger partial charge in [-0.25, -0.2) is 0 Å². The van der Waals surface area contributed by atoms with Crippen LogP contribution >= 0.6 is 0 Å². The van der Waals surface area contributed by atoms with Gasteiger partial charge in [-0.05, 0) is 37.5 Å². The Morgan fingerprint density at radius 2 is 2.00 bits per heavy atom. The zero-order valence-electron chi connectivity index (χ0n) is 10.2. The number of nitrogens with zero attached hydrogens (tertiary/aromatic N) is 1. The van der Waals surface area contributed by atoms with Crippen LogP contribution in [0.2, 0.25) is 0 Å². The number of hydrogen-bond donors (Lipinski definition) is 1. The van der Waals surface area contributed by atoms with E-state index in [1.54, 1.807) is 0 Å². The molecule has 2 nitrogen and oxygen atoms in total. The lowest BCUT2D eigenvalue weighted by atomic mass is 10.2. The molecule has 1 aromatic carbocycles. The molecule has 0 radical (unpaired) electrons. The molecular formula is C14H20N2. The van der Waals surface area contributed by atoms with Crippen molar-refractivity contribution in [3.8, 4) is 0 Å². The smallest absolute Gasteiger partial charge is 0.0456 e. The molecule has 1 aromatic heterocycles. The Morgan fingerprint density at radius 3 is 2.75 bits per heavy atom. The summed E-state index contributed by atoms with van der Waals surface area (Å²) in [5.41, 5.74) is 2.58. The summed E-state index contributed by atoms with van der Waals surface area (Å²) in [6, 6.07) is 10.7. The fourth-order valence-corrected chi connectivity index (χ4v) is 2.07. The third kappa shape index (κ3) is 2.64. The number of likely N-dealkylation sites (N-methyl/N-ethyl adjacent to an activating group) is 1. The van der Waals surface area contributed by atoms with E-state index >= 15 is 0 Å². The standard InChI is InChI=1S/C14H20N2/c1-3-9-16(2)10-8-13-11-12-6-4-5-7-14(12)15-13/h4-7,11,15H,3,8-10H2,1-2H3. The average Bonchev–Trinajstić information content (AvgIpc) is 2.69. The van der Waals surface area contributed by atoms with Gasteiger partial charge in [-0.1, -0.05) is 25.1 Å². The molecule has 0 atom stereocenters. The van der Waals surface area contributed by atoms with Crippen molar-refractivity contribution in [2.75, 3.05) is 20.1 Å². The first-order chi connectivity index (χ1) is 7.79. The fraction of sp³-hybridized carbons (Fsp3) is 0.429. The topological polar surface area (TPSA) is 19.0 Å². The van der Waals surface area contributed by atoms with Crippen LogP contribution in [0.1, 0.15) is 19.0 Å². The Balaban J connectivity index is 1.99. The maximum Gasteiger partial charge on any atom is 0.0456 e. The van der Waals surface area contributed by atoms with Crippen LogP contribution < -0.4 is 0 Å². The number of benzene rings is 1. The fourth-order valence-electron chi connectivity index (χ4n) is 2.07. The molecule has 0 saturated heterocycles. The summed E-state index contributed by atoms with van der Waals surface area (Å²) in [4.78, 5) is 5.85. The lowest BCUT2D eigenvalue weighted by Gasteiger charge is -2.14. The summed E-state index contributed by atoms with van der Waals surface area (Å²) in [5.74, 6) is 0. The molecule has 0 saturated carbocycles. The number of fused-ring (bicyclic) bond motifs is 1. The van der Waals surface area contributed by atoms with E-state index in [1.807, 2.05) is 0 Å². The Hall–Kier alpha value is -1.28. The number of aromatic nitrogens is 1. The molecule has 1 N–H and O–H groups in total. The quantitative estimate of drug-likeness (QED) is 0.814. The Kier molecular flexibility index (Phi) is 3.62. The van der Waals surface area contributed by atoms with E-state index in [4.69, 9.17) is 0 Å². The molecule has 2 heteroatoms. The van der Waals surface area contributed by atoms with E-state index in [0.29, 0.717) is 0 Å². The minimum Gasteiger partial charge on any atom is -0.358 e. The van der Waals surface area contributed by atoms with Gasteiger partial charge >= 0.3 is 0 Å². The van der Waals surface area contributed by atoms with Gasteiger partial charge in [0.05, 0.1) is 0 Å². The first-order valence-corrected chi connectivity index (χ1v) is 6.05. The largest absolute Gasteiger partial charge is 0.358 e. The normalized spacial score (nSPS) is 11.4. The zero-order chi connectivity index (χ0) is 11.4. The van der Waals surface area contributed by atoms with Crippen molar-refractivity contribution < 1.29 is 0 Å². The van der Waals surface area contributed by atoms with E-state index in [2.05, 4.69) is 54.2 Å². The summed E-state index contributed by atoms with van der Waals surface area (Å²) in [5, 5.41) is 1.32. The molecule has 0 aliphatic carbocycles. The van der Waals surface area contributed by atoms with Crippen LogP contribution in [0.15, 0.2) is 30.3 Å². The first kappa shape index (κ1) is 11.2. The maximum atomic E-state index is 3.47. The molecule has 2 rings (SSSR count). The van der Waals surface area contributed by atoms with Crippen LogP contribution in [-0.2, 0) is 6.42 Å². The molecule has 0 aliphatic heterocycles. The molecule has 0 amide bonds. The van der Waals surface area contributed by atoms with Crippen molar-refractivity contribution in [3.63, 3.8) is 0 Å². The van der Waals surface area contributed by atoms with Gasteiger partial charge in [0.1, 0.15) is 0 Å². The number of para-hydroxylation sites is 1. The van der Waals surface area contributed by atoms with Gasteiger partial charge in [-0.2, -0.15) is 0 Å². The Bertz CT molecular complexity index is 412. The zero-order valence-corrected chi connectivity index (χ0v) is 10.2. The molecular weight excluding hydrogens is 196 g/mol. The molecule has 0 fully saturated rings. The summed E-state index contributed by atoms with van der Waals surface area (Å²) in [6.07, 6.45) is 2.33. The van der Waals surface area contributed by atoms with Crippen LogP contribution in [-0.4, -0.2) is 30.0 Å². The Morgan fingerprint density at radius 1 is 1.19 bits per heavy atom. The van der Waals surface area contributed by atoms with Gasteiger partial charge < -0.3 is 9.88 Å². The molecule has 0 spiro atoms. The minimum absolute atomic E-state index is 1.10. The van der Waals surface area contributed by atoms with Crippen LogP contribution in [0, 0.1) is 0 Å². The van der Waals surface area contributed by atoms with E-state index in [-0.39, 0.29) is 0 Å². The molecule has 0 aliphatic rings. The highest BCUT2D eigenvalue weighted by atomic mass is 15.1. The van der Waals surface area contributed by atoms with E-state index < -0.39 is 0 Å². The van der Waals surface area contributed by atoms with Crippen molar-refractivity contribution in [1.82, 2.24) is 9.88 Å². The second-order valence-corrected chi connectivity index (χ2v) is 4.44. The van der Waals surface area contributed by atoms with Crippen molar-refractivity contribution in [3.05, 3.63) is 36.0 Å². The number of rotatable bonds is 5. The number of H-pyrrole nitrogens is 1. The number of hydrogen-bond acceptors (Lipinski definition) is 1. The molecule has 1 heterocycles. The summed E-state index contributed by atoms with van der Waals surface area (Å²) in [6.45, 7) is 4.53. The molecule has 16 heavy (non-hydrogen) atoms. The average molecular weight is 216 g/mol. The van der Waals surface area contributed by atoms with Crippen LogP contribution in [0.4, 0.5) is 0 Å². The summed E-state index contributed by atoms with van der Waals surface area (Å²) < 4.78 is 0. The number of aromatic amines is 1. The molecule has 2 aromatic rings. The van der Waals surface area contributed by atoms with E-state index in [9.17, 15) is 0 Å². The highest BCUT2D eigenvalue weighted by Gasteiger charge is 2.01. The first-order valence-electron chi connectivity index (χ1n) is 6.05. The summed E-state index contributed by atoms with van der Waals surface area (Å²) in [7, 11) is 2.19. The van der Waals surface area contributed by atoms with Gasteiger partial charge in [-0.15, -0.1) is 0 Å². The van der Waals surface area contributed by atoms with Crippen LogP contribution in [0.3, 0.4) is 0 Å². The van der Waals surface area contributed by atoms with Gasteiger partial charge in [0.2, 0.25) is 0 Å². The third-order valence-corrected chi connectivity index (χ3v) is 2.95. The van der Waals surface area contributed by atoms with Crippen molar-refractivity contribution in [2.24, 2.45) is 0 Å². The highest BCUT2D eigenvalue weighted by Crippen LogP contribution is 2.14. The predicted molar refractivity (Wildman–Crippen MR) is 69.8 cm³/mol. The van der Waals surface area contributed by atoms with Crippen molar-refractivity contribution in [1.29, 1.82) is 0 Å². The molecule has 86 valence electrons. The lowest BCUT2D eigenvalue weighted by molar-refractivity contribution is 0.338. The van der Waals surface area contributed by atoms with Gasteiger partial charge in [0, 0.05) is 24.2 Å². The Labute approximate surface area is 97.3 Å². The van der Waals surface area contributed by atoms with Crippen LogP contribution in [0.5, 0.6) is 0 Å². The predicted octanol–water partition coefficient (Wildman–Crippen LogP) is 3.05.